The lowest BCUT2D eigenvalue weighted by molar-refractivity contribution is 0.0950. The number of benzene rings is 2. The Kier molecular flexibility index (Phi) is 6.92. The molecule has 7 heteroatoms. The first-order valence-corrected chi connectivity index (χ1v) is 11.4. The van der Waals surface area contributed by atoms with E-state index in [-0.39, 0.29) is 10.8 Å². The Bertz CT molecular complexity index is 947. The normalized spacial score (nSPS) is 15.5. The van der Waals surface area contributed by atoms with Gasteiger partial charge in [0.05, 0.1) is 12.0 Å². The molecule has 1 N–H and O–H groups in total. The number of aryl methyl sites for hydroxylation is 1. The topological polar surface area (TPSA) is 75.7 Å². The van der Waals surface area contributed by atoms with Gasteiger partial charge in [-0.05, 0) is 55.2 Å². The molecule has 0 spiro atoms. The predicted octanol–water partition coefficient (Wildman–Crippen LogP) is 3.50. The van der Waals surface area contributed by atoms with E-state index in [0.717, 1.165) is 37.0 Å². The number of amides is 1. The Morgan fingerprint density at radius 3 is 2.31 bits per heavy atom. The molecule has 156 valence electrons. The lowest BCUT2D eigenvalue weighted by atomic mass is 10.1. The van der Waals surface area contributed by atoms with Crippen molar-refractivity contribution in [1.29, 1.82) is 0 Å². The quantitative estimate of drug-likeness (QED) is 0.782. The third-order valence-corrected chi connectivity index (χ3v) is 7.29. The number of carbonyl (C=O) groups excluding carboxylic acids is 1. The van der Waals surface area contributed by atoms with Crippen LogP contribution in [0.25, 0.3) is 0 Å². The Labute approximate surface area is 172 Å². The van der Waals surface area contributed by atoms with Gasteiger partial charge in [-0.25, -0.2) is 8.42 Å². The minimum atomic E-state index is -3.61. The molecule has 0 bridgehead atoms. The van der Waals surface area contributed by atoms with E-state index in [2.05, 4.69) is 5.32 Å². The summed E-state index contributed by atoms with van der Waals surface area (Å²) >= 11 is 0. The van der Waals surface area contributed by atoms with Crippen LogP contribution in [-0.2, 0) is 16.6 Å². The second-order valence-electron chi connectivity index (χ2n) is 7.33. The first kappa shape index (κ1) is 21.3. The zero-order valence-electron chi connectivity index (χ0n) is 17.0. The number of carbonyl (C=O) groups is 1. The lowest BCUT2D eigenvalue weighted by Crippen LogP contribution is -2.32. The molecule has 1 aliphatic heterocycles. The summed E-state index contributed by atoms with van der Waals surface area (Å²) < 4.78 is 33.0. The van der Waals surface area contributed by atoms with Crippen molar-refractivity contribution in [3.05, 3.63) is 59.2 Å². The summed E-state index contributed by atoms with van der Waals surface area (Å²) in [6, 6.07) is 12.3. The summed E-state index contributed by atoms with van der Waals surface area (Å²) in [7, 11) is -2.00. The molecule has 0 radical (unpaired) electrons. The number of ether oxygens (including phenoxy) is 1. The van der Waals surface area contributed by atoms with Gasteiger partial charge in [-0.15, -0.1) is 0 Å². The number of hydrogen-bond donors (Lipinski definition) is 1. The maximum absolute atomic E-state index is 13.2. The zero-order valence-corrected chi connectivity index (χ0v) is 17.8. The van der Waals surface area contributed by atoms with Gasteiger partial charge in [0.15, 0.2) is 0 Å². The van der Waals surface area contributed by atoms with Crippen molar-refractivity contribution in [1.82, 2.24) is 9.62 Å². The SMILES string of the molecule is COc1ccc(CNC(=O)c2ccc(C)c(S(=O)(=O)N3CCCCCC3)c2)cc1. The van der Waals surface area contributed by atoms with Crippen molar-refractivity contribution in [2.24, 2.45) is 0 Å². The maximum atomic E-state index is 13.2. The molecule has 0 atom stereocenters. The summed E-state index contributed by atoms with van der Waals surface area (Å²) in [5.41, 5.74) is 1.93. The fourth-order valence-corrected chi connectivity index (χ4v) is 5.24. The van der Waals surface area contributed by atoms with E-state index in [1.807, 2.05) is 24.3 Å². The monoisotopic (exact) mass is 416 g/mol. The molecule has 1 fully saturated rings. The Hall–Kier alpha value is -2.38. The van der Waals surface area contributed by atoms with Crippen molar-refractivity contribution in [3.8, 4) is 5.75 Å². The van der Waals surface area contributed by atoms with Crippen LogP contribution in [-0.4, -0.2) is 38.8 Å². The average molecular weight is 417 g/mol. The van der Waals surface area contributed by atoms with Gasteiger partial charge in [0.25, 0.3) is 5.91 Å². The van der Waals surface area contributed by atoms with E-state index in [4.69, 9.17) is 4.74 Å². The van der Waals surface area contributed by atoms with Gasteiger partial charge in [0, 0.05) is 25.2 Å². The highest BCUT2D eigenvalue weighted by molar-refractivity contribution is 7.89. The molecule has 1 aliphatic rings. The second kappa shape index (κ2) is 9.41. The van der Waals surface area contributed by atoms with Crippen molar-refractivity contribution >= 4 is 15.9 Å². The largest absolute Gasteiger partial charge is 0.497 e. The predicted molar refractivity (Wildman–Crippen MR) is 113 cm³/mol. The van der Waals surface area contributed by atoms with Crippen molar-refractivity contribution < 1.29 is 17.9 Å². The van der Waals surface area contributed by atoms with Gasteiger partial charge >= 0.3 is 0 Å². The molecule has 6 nitrogen and oxygen atoms in total. The van der Waals surface area contributed by atoms with Crippen LogP contribution < -0.4 is 10.1 Å². The van der Waals surface area contributed by atoms with Crippen LogP contribution in [0.1, 0.15) is 47.2 Å². The molecule has 1 saturated heterocycles. The van der Waals surface area contributed by atoms with Gasteiger partial charge in [-0.2, -0.15) is 4.31 Å². The number of nitrogens with one attached hydrogen (secondary N) is 1. The van der Waals surface area contributed by atoms with Gasteiger partial charge in [-0.3, -0.25) is 4.79 Å². The van der Waals surface area contributed by atoms with E-state index >= 15 is 0 Å². The fraction of sp³-hybridized carbons (Fsp3) is 0.409. The summed E-state index contributed by atoms with van der Waals surface area (Å²) in [6.07, 6.45) is 3.86. The molecule has 0 unspecified atom stereocenters. The first-order chi connectivity index (χ1) is 13.9. The molecular weight excluding hydrogens is 388 g/mol. The van der Waals surface area contributed by atoms with Crippen molar-refractivity contribution in [3.63, 3.8) is 0 Å². The summed E-state index contributed by atoms with van der Waals surface area (Å²) in [4.78, 5) is 12.8. The number of nitrogens with zero attached hydrogens (tertiary/aromatic N) is 1. The Morgan fingerprint density at radius 1 is 1.03 bits per heavy atom. The van der Waals surface area contributed by atoms with Gasteiger partial charge in [-0.1, -0.05) is 31.0 Å². The van der Waals surface area contributed by atoms with Crippen LogP contribution in [0.15, 0.2) is 47.4 Å². The van der Waals surface area contributed by atoms with Crippen LogP contribution in [0.2, 0.25) is 0 Å². The highest BCUT2D eigenvalue weighted by Crippen LogP contribution is 2.24. The number of hydrogen-bond acceptors (Lipinski definition) is 4. The van der Waals surface area contributed by atoms with Gasteiger partial charge in [0.2, 0.25) is 10.0 Å². The molecular formula is C22H28N2O4S. The average Bonchev–Trinajstić information content (AvgIpc) is 3.03. The van der Waals surface area contributed by atoms with Gasteiger partial charge < -0.3 is 10.1 Å². The van der Waals surface area contributed by atoms with E-state index in [9.17, 15) is 13.2 Å². The van der Waals surface area contributed by atoms with Crippen molar-refractivity contribution in [2.75, 3.05) is 20.2 Å². The summed E-state index contributed by atoms with van der Waals surface area (Å²) in [5, 5.41) is 2.85. The molecule has 0 saturated carbocycles. The van der Waals surface area contributed by atoms with Crippen LogP contribution in [0, 0.1) is 6.92 Å². The standard InChI is InChI=1S/C22H28N2O4S/c1-17-7-10-19(22(25)23-16-18-8-11-20(28-2)12-9-18)15-21(17)29(26,27)24-13-5-3-4-6-14-24/h7-12,15H,3-6,13-14,16H2,1-2H3,(H,23,25). The van der Waals surface area contributed by atoms with E-state index in [0.29, 0.717) is 30.8 Å². The molecule has 0 aliphatic carbocycles. The molecule has 3 rings (SSSR count). The molecule has 2 aromatic rings. The van der Waals surface area contributed by atoms with Crippen LogP contribution >= 0.6 is 0 Å². The number of sulfonamides is 1. The molecule has 2 aromatic carbocycles. The van der Waals surface area contributed by atoms with Crippen LogP contribution in [0.4, 0.5) is 0 Å². The number of methoxy groups -OCH3 is 1. The third kappa shape index (κ3) is 5.16. The number of rotatable bonds is 6. The second-order valence-corrected chi connectivity index (χ2v) is 9.24. The van der Waals surface area contributed by atoms with E-state index in [1.165, 1.54) is 6.07 Å². The van der Waals surface area contributed by atoms with Crippen LogP contribution in [0.3, 0.4) is 0 Å². The molecule has 29 heavy (non-hydrogen) atoms. The highest BCUT2D eigenvalue weighted by atomic mass is 32.2. The lowest BCUT2D eigenvalue weighted by Gasteiger charge is -2.21. The minimum Gasteiger partial charge on any atom is -0.497 e. The van der Waals surface area contributed by atoms with E-state index in [1.54, 1.807) is 30.5 Å². The minimum absolute atomic E-state index is 0.219. The molecule has 0 aromatic heterocycles. The van der Waals surface area contributed by atoms with Crippen LogP contribution in [0.5, 0.6) is 5.75 Å². The Balaban J connectivity index is 1.75. The maximum Gasteiger partial charge on any atom is 0.251 e. The van der Waals surface area contributed by atoms with E-state index < -0.39 is 10.0 Å². The fourth-order valence-electron chi connectivity index (χ4n) is 3.47. The third-order valence-electron chi connectivity index (χ3n) is 5.25. The zero-order chi connectivity index (χ0) is 20.9. The molecule has 1 amide bonds. The Morgan fingerprint density at radius 2 is 1.69 bits per heavy atom. The first-order valence-electron chi connectivity index (χ1n) is 9.94. The summed E-state index contributed by atoms with van der Waals surface area (Å²) in [6.45, 7) is 3.19. The highest BCUT2D eigenvalue weighted by Gasteiger charge is 2.27. The summed E-state index contributed by atoms with van der Waals surface area (Å²) in [5.74, 6) is 0.454. The smallest absolute Gasteiger partial charge is 0.251 e. The van der Waals surface area contributed by atoms with Crippen molar-refractivity contribution in [2.45, 2.75) is 44.0 Å². The molecule has 1 heterocycles. The van der Waals surface area contributed by atoms with Gasteiger partial charge in [0.1, 0.15) is 5.75 Å².